The molecule has 1 aromatic rings. The van der Waals surface area contributed by atoms with Gasteiger partial charge < -0.3 is 15.0 Å². The second-order valence-electron chi connectivity index (χ2n) is 4.95. The molecule has 1 aliphatic heterocycles. The molecule has 0 saturated carbocycles. The molecule has 0 aromatic carbocycles. The highest BCUT2D eigenvalue weighted by molar-refractivity contribution is 5.47. The molecule has 2 rings (SSSR count). The van der Waals surface area contributed by atoms with Gasteiger partial charge in [-0.2, -0.15) is 5.26 Å². The summed E-state index contributed by atoms with van der Waals surface area (Å²) >= 11 is 0. The number of hydrogen-bond acceptors (Lipinski definition) is 6. The van der Waals surface area contributed by atoms with Gasteiger partial charge >= 0.3 is 0 Å². The van der Waals surface area contributed by atoms with Crippen molar-refractivity contribution in [3.8, 4) is 6.07 Å². The van der Waals surface area contributed by atoms with Crippen LogP contribution in [0.3, 0.4) is 0 Å². The number of nitrogens with zero attached hydrogens (tertiary/aromatic N) is 4. The Morgan fingerprint density at radius 1 is 1.37 bits per heavy atom. The molecule has 6 heteroatoms. The zero-order chi connectivity index (χ0) is 13.7. The van der Waals surface area contributed by atoms with Crippen molar-refractivity contribution in [2.75, 3.05) is 39.2 Å². The number of rotatable bonds is 4. The lowest BCUT2D eigenvalue weighted by atomic mass is 9.88. The van der Waals surface area contributed by atoms with E-state index in [9.17, 15) is 0 Å². The molecule has 0 spiro atoms. The Kier molecular flexibility index (Phi) is 4.30. The van der Waals surface area contributed by atoms with E-state index in [4.69, 9.17) is 10.00 Å². The summed E-state index contributed by atoms with van der Waals surface area (Å²) in [7, 11) is 4.16. The van der Waals surface area contributed by atoms with Crippen LogP contribution >= 0.6 is 0 Å². The summed E-state index contributed by atoms with van der Waals surface area (Å²) in [6, 6.07) is 2.05. The Balaban J connectivity index is 2.09. The molecular weight excluding hydrogens is 242 g/mol. The van der Waals surface area contributed by atoms with Crippen LogP contribution in [-0.2, 0) is 4.74 Å². The predicted octanol–water partition coefficient (Wildman–Crippen LogP) is 0.871. The van der Waals surface area contributed by atoms with E-state index in [-0.39, 0.29) is 5.54 Å². The number of ether oxygens (including phenoxy) is 1. The Bertz CT molecular complexity index is 462. The summed E-state index contributed by atoms with van der Waals surface area (Å²) in [5, 5.41) is 12.3. The third kappa shape index (κ3) is 3.00. The standard InChI is InChI=1S/C13H19N5O/c1-18(2)13(3-7-19-8-4-13)10-17-12-11(9-14)15-5-6-16-12/h5-6H,3-4,7-8,10H2,1-2H3,(H,16,17). The Hall–Kier alpha value is -1.71. The molecule has 0 bridgehead atoms. The highest BCUT2D eigenvalue weighted by atomic mass is 16.5. The molecule has 0 aliphatic carbocycles. The van der Waals surface area contributed by atoms with E-state index in [0.29, 0.717) is 11.5 Å². The van der Waals surface area contributed by atoms with Crippen LogP contribution in [0.1, 0.15) is 18.5 Å². The first-order valence-corrected chi connectivity index (χ1v) is 6.38. The van der Waals surface area contributed by atoms with Gasteiger partial charge in [0, 0.05) is 37.7 Å². The van der Waals surface area contributed by atoms with E-state index < -0.39 is 0 Å². The van der Waals surface area contributed by atoms with Gasteiger partial charge in [-0.15, -0.1) is 0 Å². The van der Waals surface area contributed by atoms with Crippen LogP contribution in [-0.4, -0.2) is 54.3 Å². The first-order valence-electron chi connectivity index (χ1n) is 6.38. The van der Waals surface area contributed by atoms with Crippen molar-refractivity contribution in [1.29, 1.82) is 5.26 Å². The maximum atomic E-state index is 9.01. The average molecular weight is 261 g/mol. The minimum atomic E-state index is 0.0441. The third-order valence-electron chi connectivity index (χ3n) is 3.76. The molecule has 1 fully saturated rings. The lowest BCUT2D eigenvalue weighted by molar-refractivity contribution is -0.000668. The number of nitrogens with one attached hydrogen (secondary N) is 1. The van der Waals surface area contributed by atoms with Crippen molar-refractivity contribution in [2.45, 2.75) is 18.4 Å². The fourth-order valence-corrected chi connectivity index (χ4v) is 2.33. The molecule has 0 atom stereocenters. The predicted molar refractivity (Wildman–Crippen MR) is 71.7 cm³/mol. The molecule has 1 N–H and O–H groups in total. The molecule has 1 aromatic heterocycles. The maximum Gasteiger partial charge on any atom is 0.182 e. The first kappa shape index (κ1) is 13.7. The first-order chi connectivity index (χ1) is 9.18. The number of aromatic nitrogens is 2. The van der Waals surface area contributed by atoms with Crippen molar-refractivity contribution < 1.29 is 4.74 Å². The van der Waals surface area contributed by atoms with Crippen LogP contribution in [0.5, 0.6) is 0 Å². The lowest BCUT2D eigenvalue weighted by Gasteiger charge is -2.43. The van der Waals surface area contributed by atoms with Gasteiger partial charge in [0.25, 0.3) is 0 Å². The van der Waals surface area contributed by atoms with Crippen molar-refractivity contribution in [2.24, 2.45) is 0 Å². The second kappa shape index (κ2) is 5.95. The van der Waals surface area contributed by atoms with Crippen molar-refractivity contribution in [3.63, 3.8) is 0 Å². The third-order valence-corrected chi connectivity index (χ3v) is 3.76. The molecular formula is C13H19N5O. The molecule has 102 valence electrons. The van der Waals surface area contributed by atoms with Gasteiger partial charge in [-0.05, 0) is 26.9 Å². The van der Waals surface area contributed by atoms with Crippen LogP contribution in [0.4, 0.5) is 5.82 Å². The van der Waals surface area contributed by atoms with Crippen LogP contribution in [0, 0.1) is 11.3 Å². The van der Waals surface area contributed by atoms with E-state index in [1.54, 1.807) is 6.20 Å². The van der Waals surface area contributed by atoms with Crippen LogP contribution in [0.25, 0.3) is 0 Å². The average Bonchev–Trinajstić information content (AvgIpc) is 2.46. The molecule has 1 saturated heterocycles. The summed E-state index contributed by atoms with van der Waals surface area (Å²) in [6.45, 7) is 2.27. The fraction of sp³-hybridized carbons (Fsp3) is 0.615. The number of likely N-dealkylation sites (N-methyl/N-ethyl adjacent to an activating group) is 1. The normalized spacial score (nSPS) is 18.0. The van der Waals surface area contributed by atoms with Gasteiger partial charge in [0.05, 0.1) is 0 Å². The van der Waals surface area contributed by atoms with E-state index in [2.05, 4.69) is 40.3 Å². The van der Waals surface area contributed by atoms with Crippen molar-refractivity contribution in [1.82, 2.24) is 14.9 Å². The SMILES string of the molecule is CN(C)C1(CNc2nccnc2C#N)CCOCC1. The van der Waals surface area contributed by atoms with Gasteiger partial charge in [-0.25, -0.2) is 9.97 Å². The van der Waals surface area contributed by atoms with Crippen LogP contribution < -0.4 is 5.32 Å². The Labute approximate surface area is 113 Å². The zero-order valence-electron chi connectivity index (χ0n) is 11.4. The van der Waals surface area contributed by atoms with Gasteiger partial charge in [-0.3, -0.25) is 0 Å². The molecule has 1 aliphatic rings. The monoisotopic (exact) mass is 261 g/mol. The fourth-order valence-electron chi connectivity index (χ4n) is 2.33. The minimum absolute atomic E-state index is 0.0441. The van der Waals surface area contributed by atoms with E-state index in [1.165, 1.54) is 6.20 Å². The van der Waals surface area contributed by atoms with E-state index >= 15 is 0 Å². The molecule has 0 unspecified atom stereocenters. The minimum Gasteiger partial charge on any atom is -0.381 e. The number of nitriles is 1. The topological polar surface area (TPSA) is 74.1 Å². The summed E-state index contributed by atoms with van der Waals surface area (Å²) in [5.41, 5.74) is 0.381. The Morgan fingerprint density at radius 2 is 2.05 bits per heavy atom. The maximum absolute atomic E-state index is 9.01. The largest absolute Gasteiger partial charge is 0.381 e. The zero-order valence-corrected chi connectivity index (χ0v) is 11.4. The molecule has 0 radical (unpaired) electrons. The molecule has 2 heterocycles. The van der Waals surface area contributed by atoms with Crippen molar-refractivity contribution in [3.05, 3.63) is 18.1 Å². The second-order valence-corrected chi connectivity index (χ2v) is 4.95. The summed E-state index contributed by atoms with van der Waals surface area (Å²) in [5.74, 6) is 0.553. The highest BCUT2D eigenvalue weighted by Gasteiger charge is 2.34. The Morgan fingerprint density at radius 3 is 2.68 bits per heavy atom. The summed E-state index contributed by atoms with van der Waals surface area (Å²) < 4.78 is 5.44. The number of anilines is 1. The van der Waals surface area contributed by atoms with Crippen LogP contribution in [0.2, 0.25) is 0 Å². The molecule has 19 heavy (non-hydrogen) atoms. The van der Waals surface area contributed by atoms with Crippen LogP contribution in [0.15, 0.2) is 12.4 Å². The van der Waals surface area contributed by atoms with Gasteiger partial charge in [0.1, 0.15) is 6.07 Å². The highest BCUT2D eigenvalue weighted by Crippen LogP contribution is 2.26. The van der Waals surface area contributed by atoms with E-state index in [1.807, 2.05) is 0 Å². The van der Waals surface area contributed by atoms with Gasteiger partial charge in [0.2, 0.25) is 0 Å². The molecule has 6 nitrogen and oxygen atoms in total. The smallest absolute Gasteiger partial charge is 0.182 e. The number of hydrogen-bond donors (Lipinski definition) is 1. The van der Waals surface area contributed by atoms with Gasteiger partial charge in [0.15, 0.2) is 11.5 Å². The molecule has 0 amide bonds. The van der Waals surface area contributed by atoms with Gasteiger partial charge in [-0.1, -0.05) is 0 Å². The quantitative estimate of drug-likeness (QED) is 0.867. The van der Waals surface area contributed by atoms with E-state index in [0.717, 1.165) is 32.6 Å². The summed E-state index contributed by atoms with van der Waals surface area (Å²) in [4.78, 5) is 10.4. The lowest BCUT2D eigenvalue weighted by Crippen LogP contribution is -2.53. The summed E-state index contributed by atoms with van der Waals surface area (Å²) in [6.07, 6.45) is 5.06. The van der Waals surface area contributed by atoms with Crippen molar-refractivity contribution >= 4 is 5.82 Å².